The molecule has 2 aliphatic heterocycles. The molecular weight excluding hydrogens is 796 g/mol. The van der Waals surface area contributed by atoms with Gasteiger partial charge < -0.3 is 24.8 Å². The lowest BCUT2D eigenvalue weighted by molar-refractivity contribution is -0.222. The second-order valence-electron chi connectivity index (χ2n) is 17.8. The minimum Gasteiger partial charge on any atom is -0.491 e. The summed E-state index contributed by atoms with van der Waals surface area (Å²) in [5, 5.41) is 14.5. The highest BCUT2D eigenvalue weighted by molar-refractivity contribution is 7.91. The van der Waals surface area contributed by atoms with Gasteiger partial charge in [0.05, 0.1) is 17.4 Å². The van der Waals surface area contributed by atoms with E-state index in [0.29, 0.717) is 56.1 Å². The number of allylic oxidation sites excluding steroid dienone is 1. The number of amides is 4. The summed E-state index contributed by atoms with van der Waals surface area (Å²) >= 11 is 0. The van der Waals surface area contributed by atoms with Crippen molar-refractivity contribution in [2.24, 2.45) is 17.8 Å². The molecule has 0 unspecified atom stereocenters. The molecule has 324 valence electrons. The fraction of sp³-hybridized carbons (Fsp3) is 0.634. The normalized spacial score (nSPS) is 29.3. The maximum atomic E-state index is 15.0. The maximum absolute atomic E-state index is 15.0. The first-order valence-electron chi connectivity index (χ1n) is 20.1. The van der Waals surface area contributed by atoms with Gasteiger partial charge in [-0.15, -0.1) is 0 Å². The van der Waals surface area contributed by atoms with Gasteiger partial charge in [0.1, 0.15) is 35.0 Å². The Labute approximate surface area is 342 Å². The van der Waals surface area contributed by atoms with Crippen LogP contribution >= 0.6 is 0 Å². The standard InChI is InChI=1S/C41H54F3N5O9S/c1-23(2)57-28-12-13-30-26(19-28)14-17-45-34(30)58-29-20-31-33(50)46-40(36(52)47-59(55,56)39(7)15-16-39)21-27(40)11-9-8-10-24(3)18-25(4)32(35(51)48(31)22-29)49(37(53)54)38(5,6)41(42,43)44/h9,11-14,17,19,23-25,27,29,31-32H,8,10,15-16,18,20-22H2,1-7H3,(H,46,50)(H,47,52)(H,53,54)/b11-9-/t24-,25+,27+,29+,31-,32-,40+/m0/s1. The Morgan fingerprint density at radius 3 is 2.44 bits per heavy atom. The first-order chi connectivity index (χ1) is 27.4. The predicted octanol–water partition coefficient (Wildman–Crippen LogP) is 5.95. The van der Waals surface area contributed by atoms with Gasteiger partial charge in [0.15, 0.2) is 0 Å². The molecule has 1 aromatic heterocycles. The van der Waals surface area contributed by atoms with Crippen molar-refractivity contribution in [2.75, 3.05) is 6.54 Å². The molecule has 6 rings (SSSR count). The van der Waals surface area contributed by atoms with Crippen LogP contribution in [0, 0.1) is 17.8 Å². The molecule has 59 heavy (non-hydrogen) atoms. The number of benzene rings is 1. The summed E-state index contributed by atoms with van der Waals surface area (Å²) in [6.07, 6.45) is -1.39. The highest BCUT2D eigenvalue weighted by atomic mass is 32.2. The minimum absolute atomic E-state index is 0.0537. The Hall–Kier alpha value is -4.61. The van der Waals surface area contributed by atoms with E-state index in [9.17, 15) is 41.1 Å². The van der Waals surface area contributed by atoms with Crippen LogP contribution < -0.4 is 19.5 Å². The molecule has 4 amide bonds. The predicted molar refractivity (Wildman–Crippen MR) is 211 cm³/mol. The summed E-state index contributed by atoms with van der Waals surface area (Å²) < 4.78 is 83.8. The van der Waals surface area contributed by atoms with Crippen LogP contribution in [0.4, 0.5) is 18.0 Å². The topological polar surface area (TPSA) is 185 Å². The number of aromatic nitrogens is 1. The lowest BCUT2D eigenvalue weighted by atomic mass is 9.85. The van der Waals surface area contributed by atoms with E-state index < -0.39 is 85.9 Å². The van der Waals surface area contributed by atoms with Gasteiger partial charge in [-0.3, -0.25) is 24.0 Å². The summed E-state index contributed by atoms with van der Waals surface area (Å²) in [4.78, 5) is 62.1. The van der Waals surface area contributed by atoms with E-state index in [-0.39, 0.29) is 48.6 Å². The van der Waals surface area contributed by atoms with E-state index in [1.54, 1.807) is 30.3 Å². The Morgan fingerprint density at radius 1 is 1.12 bits per heavy atom. The SMILES string of the molecule is CC(C)Oc1ccc2c(O[C@@H]3C[C@H]4C(=O)N[C@]5(C(=O)NS(=O)(=O)C6(C)CC6)C[C@H]5/C=C\CC[C@H](C)C[C@@H](C)[C@H](N(C(=O)O)C(C)(C)C(F)(F)F)C(=O)N4C3)nccc2c1. The Morgan fingerprint density at radius 2 is 1.81 bits per heavy atom. The van der Waals surface area contributed by atoms with Crippen LogP contribution in [-0.4, -0.2) is 105 Å². The smallest absolute Gasteiger partial charge is 0.411 e. The number of pyridine rings is 1. The van der Waals surface area contributed by atoms with Crippen LogP contribution in [-0.2, 0) is 24.4 Å². The van der Waals surface area contributed by atoms with Crippen molar-refractivity contribution in [3.8, 4) is 11.6 Å². The Kier molecular flexibility index (Phi) is 11.8. The largest absolute Gasteiger partial charge is 0.491 e. The zero-order valence-electron chi connectivity index (χ0n) is 34.3. The van der Waals surface area contributed by atoms with E-state index in [1.807, 2.05) is 26.8 Å². The molecule has 18 heteroatoms. The van der Waals surface area contributed by atoms with Crippen molar-refractivity contribution in [1.82, 2.24) is 24.8 Å². The average molecular weight is 850 g/mol. The van der Waals surface area contributed by atoms with Crippen molar-refractivity contribution in [2.45, 2.75) is 140 Å². The van der Waals surface area contributed by atoms with Gasteiger partial charge in [-0.05, 0) is 115 Å². The van der Waals surface area contributed by atoms with Crippen LogP contribution in [0.25, 0.3) is 10.8 Å². The molecule has 2 saturated carbocycles. The summed E-state index contributed by atoms with van der Waals surface area (Å²) in [5.41, 5.74) is -4.75. The van der Waals surface area contributed by atoms with E-state index in [2.05, 4.69) is 15.0 Å². The van der Waals surface area contributed by atoms with Gasteiger partial charge in [-0.25, -0.2) is 18.2 Å². The van der Waals surface area contributed by atoms with Gasteiger partial charge in [-0.1, -0.05) is 26.0 Å². The number of fused-ring (bicyclic) bond motifs is 3. The molecule has 7 atom stereocenters. The molecular formula is C41H54F3N5O9S. The van der Waals surface area contributed by atoms with Crippen molar-refractivity contribution in [1.29, 1.82) is 0 Å². The zero-order chi connectivity index (χ0) is 43.5. The summed E-state index contributed by atoms with van der Waals surface area (Å²) in [5.74, 6) is -3.85. The highest BCUT2D eigenvalue weighted by Gasteiger charge is 2.64. The number of sulfonamides is 1. The van der Waals surface area contributed by atoms with Gasteiger partial charge in [0.2, 0.25) is 27.7 Å². The number of hydrogen-bond acceptors (Lipinski definition) is 9. The molecule has 0 spiro atoms. The monoisotopic (exact) mass is 849 g/mol. The van der Waals surface area contributed by atoms with Gasteiger partial charge in [0, 0.05) is 23.9 Å². The van der Waals surface area contributed by atoms with Crippen LogP contribution in [0.2, 0.25) is 0 Å². The molecule has 0 bridgehead atoms. The lowest BCUT2D eigenvalue weighted by Crippen LogP contribution is -2.66. The molecule has 3 fully saturated rings. The molecule has 2 aromatic rings. The first-order valence-corrected chi connectivity index (χ1v) is 21.6. The van der Waals surface area contributed by atoms with E-state index in [1.165, 1.54) is 20.0 Å². The van der Waals surface area contributed by atoms with Crippen molar-refractivity contribution in [3.63, 3.8) is 0 Å². The number of carboxylic acid groups (broad SMARTS) is 1. The van der Waals surface area contributed by atoms with Crippen LogP contribution in [0.3, 0.4) is 0 Å². The molecule has 3 N–H and O–H groups in total. The first kappa shape index (κ1) is 44.0. The van der Waals surface area contributed by atoms with Gasteiger partial charge in [-0.2, -0.15) is 13.2 Å². The van der Waals surface area contributed by atoms with Gasteiger partial charge in [0.25, 0.3) is 5.91 Å². The molecule has 4 aliphatic rings. The molecule has 14 nitrogen and oxygen atoms in total. The fourth-order valence-electron chi connectivity index (χ4n) is 8.31. The number of rotatable bonds is 9. The third-order valence-corrected chi connectivity index (χ3v) is 14.5. The summed E-state index contributed by atoms with van der Waals surface area (Å²) in [6.45, 7) is 9.71. The molecule has 0 radical (unpaired) electrons. The maximum Gasteiger partial charge on any atom is 0.411 e. The third kappa shape index (κ3) is 8.69. The van der Waals surface area contributed by atoms with Gasteiger partial charge >= 0.3 is 12.3 Å². The minimum atomic E-state index is -5.09. The fourth-order valence-corrected chi connectivity index (χ4v) is 9.62. The number of ether oxygens (including phenoxy) is 2. The molecule has 3 heterocycles. The molecule has 1 aromatic carbocycles. The lowest BCUT2D eigenvalue weighted by Gasteiger charge is -2.45. The number of alkyl halides is 3. The van der Waals surface area contributed by atoms with Crippen molar-refractivity contribution < 1.29 is 55.3 Å². The number of nitrogens with one attached hydrogen (secondary N) is 2. The highest BCUT2D eigenvalue weighted by Crippen LogP contribution is 2.48. The third-order valence-electron chi connectivity index (χ3n) is 12.3. The second kappa shape index (κ2) is 15.8. The quantitative estimate of drug-likeness (QED) is 0.255. The zero-order valence-corrected chi connectivity index (χ0v) is 35.2. The van der Waals surface area contributed by atoms with Crippen LogP contribution in [0.1, 0.15) is 93.4 Å². The van der Waals surface area contributed by atoms with Crippen LogP contribution in [0.15, 0.2) is 42.6 Å². The second-order valence-corrected chi connectivity index (χ2v) is 20.0. The van der Waals surface area contributed by atoms with Crippen molar-refractivity contribution >= 4 is 44.6 Å². The Balaban J connectivity index is 1.41. The molecule has 1 saturated heterocycles. The number of hydrogen-bond donors (Lipinski definition) is 3. The average Bonchev–Trinajstić information content (AvgIpc) is 4.01. The Bertz CT molecular complexity index is 2130. The molecule has 2 aliphatic carbocycles. The number of nitrogens with zero attached hydrogens (tertiary/aromatic N) is 3. The number of carbonyl (C=O) groups is 4. The van der Waals surface area contributed by atoms with E-state index in [0.717, 1.165) is 4.90 Å². The number of carbonyl (C=O) groups excluding carboxylic acids is 3. The van der Waals surface area contributed by atoms with Crippen LogP contribution in [0.5, 0.6) is 11.6 Å². The number of halogens is 3. The van der Waals surface area contributed by atoms with E-state index >= 15 is 4.79 Å². The summed E-state index contributed by atoms with van der Waals surface area (Å²) in [7, 11) is -4.12. The van der Waals surface area contributed by atoms with E-state index in [4.69, 9.17) is 9.47 Å². The summed E-state index contributed by atoms with van der Waals surface area (Å²) in [6, 6.07) is 3.65. The van der Waals surface area contributed by atoms with Crippen molar-refractivity contribution in [3.05, 3.63) is 42.6 Å².